The topological polar surface area (TPSA) is 52.7 Å². The number of nitrogens with one attached hydrogen (secondary N) is 1. The van der Waals surface area contributed by atoms with Gasteiger partial charge in [0.05, 0.1) is 0 Å². The zero-order valence-corrected chi connectivity index (χ0v) is 12.1. The first-order chi connectivity index (χ1) is 9.58. The third kappa shape index (κ3) is 3.63. The van der Waals surface area contributed by atoms with Crippen LogP contribution in [0.3, 0.4) is 0 Å². The fourth-order valence-electron chi connectivity index (χ4n) is 2.09. The van der Waals surface area contributed by atoms with Gasteiger partial charge in [0.2, 0.25) is 5.91 Å². The molecule has 1 aliphatic heterocycles. The molecule has 0 radical (unpaired) electrons. The van der Waals surface area contributed by atoms with E-state index in [1.54, 1.807) is 4.90 Å². The first-order valence-corrected chi connectivity index (χ1v) is 7.05. The number of para-hydroxylation sites is 1. The second kappa shape index (κ2) is 6.61. The minimum Gasteiger partial charge on any atom is -0.368 e. The van der Waals surface area contributed by atoms with E-state index in [-0.39, 0.29) is 6.03 Å². The number of rotatable bonds is 2. The minimum atomic E-state index is -0.704. The molecule has 1 heterocycles. The SMILES string of the molecule is CC(Cl)C(=O)NC(=O)N1CCN(c2ccccc2)CC1. The average Bonchev–Trinajstić information content (AvgIpc) is 2.48. The maximum Gasteiger partial charge on any atom is 0.324 e. The fraction of sp³-hybridized carbons (Fsp3) is 0.429. The predicted octanol–water partition coefficient (Wildman–Crippen LogP) is 1.67. The van der Waals surface area contributed by atoms with Crippen molar-refractivity contribution >= 4 is 29.2 Å². The van der Waals surface area contributed by atoms with Gasteiger partial charge in [-0.3, -0.25) is 10.1 Å². The third-order valence-electron chi connectivity index (χ3n) is 3.28. The Balaban J connectivity index is 1.85. The Labute approximate surface area is 123 Å². The summed E-state index contributed by atoms with van der Waals surface area (Å²) in [5.74, 6) is -0.456. The Hall–Kier alpha value is -1.75. The molecule has 108 valence electrons. The summed E-state index contributed by atoms with van der Waals surface area (Å²) in [5, 5.41) is 1.60. The summed E-state index contributed by atoms with van der Waals surface area (Å²) in [6.07, 6.45) is 0. The molecule has 0 aromatic heterocycles. The van der Waals surface area contributed by atoms with Crippen LogP contribution in [0.2, 0.25) is 0 Å². The van der Waals surface area contributed by atoms with E-state index in [0.29, 0.717) is 13.1 Å². The van der Waals surface area contributed by atoms with Crippen LogP contribution in [0, 0.1) is 0 Å². The summed E-state index contributed by atoms with van der Waals surface area (Å²) >= 11 is 5.62. The van der Waals surface area contributed by atoms with Crippen molar-refractivity contribution in [2.75, 3.05) is 31.1 Å². The highest BCUT2D eigenvalue weighted by Gasteiger charge is 2.23. The smallest absolute Gasteiger partial charge is 0.324 e. The highest BCUT2D eigenvalue weighted by molar-refractivity contribution is 6.31. The largest absolute Gasteiger partial charge is 0.368 e. The van der Waals surface area contributed by atoms with E-state index >= 15 is 0 Å². The zero-order chi connectivity index (χ0) is 14.5. The van der Waals surface area contributed by atoms with Crippen molar-refractivity contribution in [2.45, 2.75) is 12.3 Å². The molecule has 1 aromatic rings. The van der Waals surface area contributed by atoms with E-state index in [1.165, 1.54) is 6.92 Å². The van der Waals surface area contributed by atoms with Crippen molar-refractivity contribution in [2.24, 2.45) is 0 Å². The molecule has 1 aromatic carbocycles. The Bertz CT molecular complexity index is 471. The van der Waals surface area contributed by atoms with Crippen LogP contribution in [-0.2, 0) is 4.79 Å². The van der Waals surface area contributed by atoms with Crippen molar-refractivity contribution in [1.82, 2.24) is 10.2 Å². The number of imide groups is 1. The number of alkyl halides is 1. The fourth-order valence-corrected chi connectivity index (χ4v) is 2.15. The molecule has 1 N–H and O–H groups in total. The van der Waals surface area contributed by atoms with Gasteiger partial charge in [-0.15, -0.1) is 11.6 Å². The van der Waals surface area contributed by atoms with Gasteiger partial charge in [0.25, 0.3) is 0 Å². The van der Waals surface area contributed by atoms with E-state index < -0.39 is 11.3 Å². The lowest BCUT2D eigenvalue weighted by atomic mass is 10.2. The number of hydrogen-bond acceptors (Lipinski definition) is 3. The highest BCUT2D eigenvalue weighted by Crippen LogP contribution is 2.15. The van der Waals surface area contributed by atoms with E-state index in [1.807, 2.05) is 18.2 Å². The number of hydrogen-bond donors (Lipinski definition) is 1. The van der Waals surface area contributed by atoms with Gasteiger partial charge in [-0.1, -0.05) is 18.2 Å². The number of anilines is 1. The minimum absolute atomic E-state index is 0.366. The molecule has 5 nitrogen and oxygen atoms in total. The van der Waals surface area contributed by atoms with Crippen molar-refractivity contribution in [3.05, 3.63) is 30.3 Å². The zero-order valence-electron chi connectivity index (χ0n) is 11.4. The monoisotopic (exact) mass is 295 g/mol. The van der Waals surface area contributed by atoms with Gasteiger partial charge in [0.1, 0.15) is 5.38 Å². The summed E-state index contributed by atoms with van der Waals surface area (Å²) in [7, 11) is 0. The first-order valence-electron chi connectivity index (χ1n) is 6.62. The summed E-state index contributed by atoms with van der Waals surface area (Å²) in [4.78, 5) is 27.1. The molecule has 1 unspecified atom stereocenters. The number of halogens is 1. The molecule has 1 fully saturated rings. The van der Waals surface area contributed by atoms with Crippen LogP contribution in [0.15, 0.2) is 30.3 Å². The number of amides is 3. The molecule has 0 saturated carbocycles. The Morgan fingerprint density at radius 1 is 1.15 bits per heavy atom. The number of carbonyl (C=O) groups excluding carboxylic acids is 2. The van der Waals surface area contributed by atoms with Crippen molar-refractivity contribution in [3.8, 4) is 0 Å². The molecular formula is C14H18ClN3O2. The molecule has 1 atom stereocenters. The summed E-state index contributed by atoms with van der Waals surface area (Å²) in [5.41, 5.74) is 1.15. The van der Waals surface area contributed by atoms with Crippen molar-refractivity contribution < 1.29 is 9.59 Å². The lowest BCUT2D eigenvalue weighted by molar-refractivity contribution is -0.119. The maximum absolute atomic E-state index is 11.9. The van der Waals surface area contributed by atoms with Gasteiger partial charge in [-0.2, -0.15) is 0 Å². The average molecular weight is 296 g/mol. The molecule has 0 spiro atoms. The van der Waals surface area contributed by atoms with Gasteiger partial charge < -0.3 is 9.80 Å². The lowest BCUT2D eigenvalue weighted by Gasteiger charge is -2.35. The molecule has 2 rings (SSSR count). The Kier molecular flexibility index (Phi) is 4.84. The summed E-state index contributed by atoms with van der Waals surface area (Å²) < 4.78 is 0. The predicted molar refractivity (Wildman–Crippen MR) is 79.1 cm³/mol. The standard InChI is InChI=1S/C14H18ClN3O2/c1-11(15)13(19)16-14(20)18-9-7-17(8-10-18)12-5-3-2-4-6-12/h2-6,11H,7-10H2,1H3,(H,16,19,20). The van der Waals surface area contributed by atoms with Gasteiger partial charge >= 0.3 is 6.03 Å². The lowest BCUT2D eigenvalue weighted by Crippen LogP contribution is -2.53. The normalized spacial score (nSPS) is 16.7. The number of piperazine rings is 1. The Morgan fingerprint density at radius 3 is 2.30 bits per heavy atom. The highest BCUT2D eigenvalue weighted by atomic mass is 35.5. The van der Waals surface area contributed by atoms with Crippen LogP contribution in [-0.4, -0.2) is 48.4 Å². The number of nitrogens with zero attached hydrogens (tertiary/aromatic N) is 2. The van der Waals surface area contributed by atoms with Crippen molar-refractivity contribution in [3.63, 3.8) is 0 Å². The van der Waals surface area contributed by atoms with Crippen LogP contribution in [0.1, 0.15) is 6.92 Å². The van der Waals surface area contributed by atoms with E-state index in [0.717, 1.165) is 18.8 Å². The Morgan fingerprint density at radius 2 is 1.75 bits per heavy atom. The second-order valence-corrected chi connectivity index (χ2v) is 5.37. The van der Waals surface area contributed by atoms with Crippen LogP contribution < -0.4 is 10.2 Å². The first kappa shape index (κ1) is 14.7. The summed E-state index contributed by atoms with van der Waals surface area (Å²) in [6.45, 7) is 4.22. The molecule has 1 aliphatic rings. The molecule has 0 aliphatic carbocycles. The summed E-state index contributed by atoms with van der Waals surface area (Å²) in [6, 6.07) is 9.70. The molecule has 6 heteroatoms. The van der Waals surface area contributed by atoms with Crippen LogP contribution in [0.25, 0.3) is 0 Å². The number of carbonyl (C=O) groups is 2. The molecular weight excluding hydrogens is 278 g/mol. The van der Waals surface area contributed by atoms with Crippen LogP contribution in [0.5, 0.6) is 0 Å². The number of benzene rings is 1. The van der Waals surface area contributed by atoms with Gasteiger partial charge in [-0.25, -0.2) is 4.79 Å². The maximum atomic E-state index is 11.9. The molecule has 20 heavy (non-hydrogen) atoms. The van der Waals surface area contributed by atoms with Crippen molar-refractivity contribution in [1.29, 1.82) is 0 Å². The van der Waals surface area contributed by atoms with Gasteiger partial charge in [-0.05, 0) is 19.1 Å². The quantitative estimate of drug-likeness (QED) is 0.845. The molecule has 1 saturated heterocycles. The third-order valence-corrected chi connectivity index (χ3v) is 3.48. The van der Waals surface area contributed by atoms with E-state index in [2.05, 4.69) is 22.3 Å². The van der Waals surface area contributed by atoms with E-state index in [9.17, 15) is 9.59 Å². The second-order valence-electron chi connectivity index (χ2n) is 4.72. The van der Waals surface area contributed by atoms with E-state index in [4.69, 9.17) is 11.6 Å². The molecule has 3 amide bonds. The van der Waals surface area contributed by atoms with Gasteiger partial charge in [0.15, 0.2) is 0 Å². The van der Waals surface area contributed by atoms with Crippen LogP contribution >= 0.6 is 11.6 Å². The molecule has 0 bridgehead atoms. The van der Waals surface area contributed by atoms with Crippen LogP contribution in [0.4, 0.5) is 10.5 Å². The number of urea groups is 1. The van der Waals surface area contributed by atoms with Gasteiger partial charge in [0, 0.05) is 31.9 Å².